The predicted molar refractivity (Wildman–Crippen MR) is 80.2 cm³/mol. The summed E-state index contributed by atoms with van der Waals surface area (Å²) in [6.45, 7) is 7.02. The highest BCUT2D eigenvalue weighted by molar-refractivity contribution is 7.98. The topological polar surface area (TPSA) is 15.3 Å². The summed E-state index contributed by atoms with van der Waals surface area (Å²) in [5, 5.41) is 3.61. The Bertz CT molecular complexity index is 344. The molecule has 100 valence electrons. The van der Waals surface area contributed by atoms with Crippen LogP contribution in [-0.4, -0.2) is 36.8 Å². The van der Waals surface area contributed by atoms with Crippen molar-refractivity contribution in [1.29, 1.82) is 0 Å². The van der Waals surface area contributed by atoms with E-state index >= 15 is 0 Å². The van der Waals surface area contributed by atoms with Crippen molar-refractivity contribution >= 4 is 11.8 Å². The van der Waals surface area contributed by atoms with E-state index in [2.05, 4.69) is 47.7 Å². The van der Waals surface area contributed by atoms with E-state index in [1.165, 1.54) is 42.9 Å². The van der Waals surface area contributed by atoms with Gasteiger partial charge in [0.25, 0.3) is 0 Å². The largest absolute Gasteiger partial charge is 0.309 e. The van der Waals surface area contributed by atoms with Gasteiger partial charge in [0.2, 0.25) is 0 Å². The SMILES string of the molecule is CSc1ccc(CNC(C)CN2CCCC2)cc1. The van der Waals surface area contributed by atoms with Crippen LogP contribution in [0.25, 0.3) is 0 Å². The fourth-order valence-corrected chi connectivity index (χ4v) is 2.86. The molecule has 1 aromatic carbocycles. The Kier molecular flexibility index (Phi) is 5.54. The van der Waals surface area contributed by atoms with Crippen molar-refractivity contribution in [2.45, 2.75) is 37.2 Å². The second kappa shape index (κ2) is 7.17. The summed E-state index contributed by atoms with van der Waals surface area (Å²) < 4.78 is 0. The lowest BCUT2D eigenvalue weighted by atomic mass is 10.2. The van der Waals surface area contributed by atoms with E-state index in [0.717, 1.165) is 6.54 Å². The van der Waals surface area contributed by atoms with Crippen LogP contribution in [0.15, 0.2) is 29.2 Å². The number of hydrogen-bond donors (Lipinski definition) is 1. The number of hydrogen-bond acceptors (Lipinski definition) is 3. The van der Waals surface area contributed by atoms with Crippen molar-refractivity contribution in [3.05, 3.63) is 29.8 Å². The van der Waals surface area contributed by atoms with Gasteiger partial charge in [-0.3, -0.25) is 0 Å². The standard InChI is InChI=1S/C15H24N2S/c1-13(12-17-9-3-4-10-17)16-11-14-5-7-15(18-2)8-6-14/h5-8,13,16H,3-4,9-12H2,1-2H3. The Balaban J connectivity index is 1.72. The van der Waals surface area contributed by atoms with Crippen LogP contribution in [0.1, 0.15) is 25.3 Å². The molecule has 1 aliphatic heterocycles. The van der Waals surface area contributed by atoms with E-state index in [9.17, 15) is 0 Å². The molecule has 0 bridgehead atoms. The van der Waals surface area contributed by atoms with Crippen LogP contribution in [0.5, 0.6) is 0 Å². The summed E-state index contributed by atoms with van der Waals surface area (Å²) in [7, 11) is 0. The number of nitrogens with zero attached hydrogens (tertiary/aromatic N) is 1. The molecule has 1 saturated heterocycles. The van der Waals surface area contributed by atoms with E-state index in [-0.39, 0.29) is 0 Å². The monoisotopic (exact) mass is 264 g/mol. The molecule has 0 radical (unpaired) electrons. The molecule has 1 heterocycles. The van der Waals surface area contributed by atoms with E-state index < -0.39 is 0 Å². The Labute approximate surface area is 115 Å². The van der Waals surface area contributed by atoms with E-state index in [0.29, 0.717) is 6.04 Å². The lowest BCUT2D eigenvalue weighted by Crippen LogP contribution is -2.37. The first-order chi connectivity index (χ1) is 8.78. The predicted octanol–water partition coefficient (Wildman–Crippen LogP) is 2.98. The summed E-state index contributed by atoms with van der Waals surface area (Å²) >= 11 is 1.80. The lowest BCUT2D eigenvalue weighted by Gasteiger charge is -2.21. The van der Waals surface area contributed by atoms with Gasteiger partial charge < -0.3 is 10.2 Å². The molecular weight excluding hydrogens is 240 g/mol. The Hall–Kier alpha value is -0.510. The minimum Gasteiger partial charge on any atom is -0.309 e. The Morgan fingerprint density at radius 3 is 2.50 bits per heavy atom. The maximum atomic E-state index is 3.61. The molecule has 0 saturated carbocycles. The van der Waals surface area contributed by atoms with E-state index in [1.807, 2.05) is 0 Å². The molecule has 0 amide bonds. The van der Waals surface area contributed by atoms with Crippen LogP contribution < -0.4 is 5.32 Å². The van der Waals surface area contributed by atoms with Crippen LogP contribution in [0, 0.1) is 0 Å². The molecule has 2 nitrogen and oxygen atoms in total. The van der Waals surface area contributed by atoms with Gasteiger partial charge in [-0.2, -0.15) is 0 Å². The van der Waals surface area contributed by atoms with Crippen LogP contribution in [-0.2, 0) is 6.54 Å². The molecule has 1 unspecified atom stereocenters. The normalized spacial score (nSPS) is 18.1. The van der Waals surface area contributed by atoms with Crippen molar-refractivity contribution < 1.29 is 0 Å². The lowest BCUT2D eigenvalue weighted by molar-refractivity contribution is 0.298. The zero-order valence-electron chi connectivity index (χ0n) is 11.5. The maximum Gasteiger partial charge on any atom is 0.0208 e. The second-order valence-corrected chi connectivity index (χ2v) is 6.02. The third kappa shape index (κ3) is 4.30. The van der Waals surface area contributed by atoms with Crippen LogP contribution in [0.3, 0.4) is 0 Å². The third-order valence-corrected chi connectivity index (χ3v) is 4.29. The average Bonchev–Trinajstić information content (AvgIpc) is 2.90. The molecule has 1 aromatic rings. The molecular formula is C15H24N2S. The maximum absolute atomic E-state index is 3.61. The third-order valence-electron chi connectivity index (χ3n) is 3.54. The molecule has 0 aliphatic carbocycles. The number of likely N-dealkylation sites (tertiary alicyclic amines) is 1. The first-order valence-corrected chi connectivity index (χ1v) is 8.09. The van der Waals surface area contributed by atoms with Gasteiger partial charge in [0.15, 0.2) is 0 Å². The average molecular weight is 264 g/mol. The quantitative estimate of drug-likeness (QED) is 0.795. The summed E-state index contributed by atoms with van der Waals surface area (Å²) in [4.78, 5) is 3.90. The number of rotatable bonds is 6. The van der Waals surface area contributed by atoms with Gasteiger partial charge in [-0.05, 0) is 56.8 Å². The Morgan fingerprint density at radius 1 is 1.22 bits per heavy atom. The molecule has 0 spiro atoms. The fraction of sp³-hybridized carbons (Fsp3) is 0.600. The highest BCUT2D eigenvalue weighted by Gasteiger charge is 2.13. The summed E-state index contributed by atoms with van der Waals surface area (Å²) in [5.41, 5.74) is 1.38. The highest BCUT2D eigenvalue weighted by Crippen LogP contribution is 2.15. The van der Waals surface area contributed by atoms with Gasteiger partial charge >= 0.3 is 0 Å². The first kappa shape index (κ1) is 13.9. The van der Waals surface area contributed by atoms with Gasteiger partial charge in [-0.15, -0.1) is 11.8 Å². The van der Waals surface area contributed by atoms with Gasteiger partial charge in [0.05, 0.1) is 0 Å². The van der Waals surface area contributed by atoms with Gasteiger partial charge in [0, 0.05) is 24.0 Å². The smallest absolute Gasteiger partial charge is 0.0208 e. The van der Waals surface area contributed by atoms with Crippen LogP contribution >= 0.6 is 11.8 Å². The molecule has 1 atom stereocenters. The molecule has 0 aromatic heterocycles. The number of benzene rings is 1. The summed E-state index contributed by atoms with van der Waals surface area (Å²) in [6.07, 6.45) is 4.87. The first-order valence-electron chi connectivity index (χ1n) is 6.86. The van der Waals surface area contributed by atoms with Crippen molar-refractivity contribution in [3.63, 3.8) is 0 Å². The second-order valence-electron chi connectivity index (χ2n) is 5.14. The minimum atomic E-state index is 0.573. The molecule has 1 N–H and O–H groups in total. The van der Waals surface area contributed by atoms with Gasteiger partial charge in [0.1, 0.15) is 0 Å². The Morgan fingerprint density at radius 2 is 1.89 bits per heavy atom. The van der Waals surface area contributed by atoms with Gasteiger partial charge in [-0.25, -0.2) is 0 Å². The highest BCUT2D eigenvalue weighted by atomic mass is 32.2. The number of nitrogens with one attached hydrogen (secondary N) is 1. The van der Waals surface area contributed by atoms with Crippen LogP contribution in [0.4, 0.5) is 0 Å². The van der Waals surface area contributed by atoms with E-state index in [4.69, 9.17) is 0 Å². The van der Waals surface area contributed by atoms with Crippen molar-refractivity contribution in [3.8, 4) is 0 Å². The minimum absolute atomic E-state index is 0.573. The van der Waals surface area contributed by atoms with Crippen molar-refractivity contribution in [2.75, 3.05) is 25.9 Å². The summed E-state index contributed by atoms with van der Waals surface area (Å²) in [6, 6.07) is 9.42. The zero-order chi connectivity index (χ0) is 12.8. The van der Waals surface area contributed by atoms with Gasteiger partial charge in [-0.1, -0.05) is 12.1 Å². The van der Waals surface area contributed by atoms with Crippen molar-refractivity contribution in [1.82, 2.24) is 10.2 Å². The summed E-state index contributed by atoms with van der Waals surface area (Å²) in [5.74, 6) is 0. The molecule has 2 rings (SSSR count). The fourth-order valence-electron chi connectivity index (χ4n) is 2.45. The molecule has 1 fully saturated rings. The molecule has 18 heavy (non-hydrogen) atoms. The number of thioether (sulfide) groups is 1. The molecule has 3 heteroatoms. The van der Waals surface area contributed by atoms with Crippen molar-refractivity contribution in [2.24, 2.45) is 0 Å². The van der Waals surface area contributed by atoms with E-state index in [1.54, 1.807) is 11.8 Å². The molecule has 1 aliphatic rings. The zero-order valence-corrected chi connectivity index (χ0v) is 12.3. The van der Waals surface area contributed by atoms with Crippen LogP contribution in [0.2, 0.25) is 0 Å².